The third-order valence-electron chi connectivity index (χ3n) is 5.25. The van der Waals surface area contributed by atoms with E-state index in [1.54, 1.807) is 30.3 Å². The van der Waals surface area contributed by atoms with E-state index in [0.717, 1.165) is 35.6 Å². The molecular weight excluding hydrogens is 465 g/mol. The number of hydrogen-bond acceptors (Lipinski definition) is 5. The molecule has 11 heteroatoms. The fourth-order valence-corrected chi connectivity index (χ4v) is 3.40. The maximum atomic E-state index is 13.2. The number of aromatic nitrogens is 2. The molecule has 1 aromatic heterocycles. The Labute approximate surface area is 198 Å². The van der Waals surface area contributed by atoms with E-state index in [2.05, 4.69) is 4.98 Å². The van der Waals surface area contributed by atoms with Crippen molar-refractivity contribution in [2.45, 2.75) is 39.0 Å². The lowest BCUT2D eigenvalue weighted by atomic mass is 10.2. The minimum absolute atomic E-state index is 0.0424. The standard InChI is InChI=1S/C24H25F3N4O4/c1-2-3-13-30-21(28)20(22(33)29-23(30)34)31(14-16-7-5-4-6-8-16)19(32)15-35-18-11-9-17(10-12-18)24(25,26)27/h4-12H,2-3,13-15,28H2,1H3,(H,29,33,34). The molecule has 0 aliphatic carbocycles. The molecule has 0 spiro atoms. The van der Waals surface area contributed by atoms with Gasteiger partial charge in [0.2, 0.25) is 0 Å². The molecule has 0 radical (unpaired) electrons. The summed E-state index contributed by atoms with van der Waals surface area (Å²) in [4.78, 5) is 41.5. The molecule has 186 valence electrons. The number of ether oxygens (including phenoxy) is 1. The number of benzene rings is 2. The van der Waals surface area contributed by atoms with Gasteiger partial charge in [-0.3, -0.25) is 24.0 Å². The first-order valence-electron chi connectivity index (χ1n) is 10.9. The molecule has 3 N–H and O–H groups in total. The van der Waals surface area contributed by atoms with Gasteiger partial charge in [-0.1, -0.05) is 43.7 Å². The van der Waals surface area contributed by atoms with E-state index in [1.165, 1.54) is 4.57 Å². The Morgan fingerprint density at radius 1 is 1.09 bits per heavy atom. The number of carbonyl (C=O) groups excluding carboxylic acids is 1. The molecular formula is C24H25F3N4O4. The van der Waals surface area contributed by atoms with Gasteiger partial charge in [-0.25, -0.2) is 4.79 Å². The quantitative estimate of drug-likeness (QED) is 0.477. The molecule has 3 rings (SSSR count). The van der Waals surface area contributed by atoms with Crippen molar-refractivity contribution in [2.24, 2.45) is 0 Å². The molecule has 0 atom stereocenters. The molecule has 0 aliphatic heterocycles. The Bertz CT molecular complexity index is 1270. The van der Waals surface area contributed by atoms with E-state index < -0.39 is 35.5 Å². The van der Waals surface area contributed by atoms with Crippen LogP contribution in [-0.4, -0.2) is 22.1 Å². The van der Waals surface area contributed by atoms with Crippen LogP contribution in [0.2, 0.25) is 0 Å². The summed E-state index contributed by atoms with van der Waals surface area (Å²) in [7, 11) is 0. The smallest absolute Gasteiger partial charge is 0.416 e. The number of alkyl halides is 3. The Kier molecular flexibility index (Phi) is 8.00. The highest BCUT2D eigenvalue weighted by atomic mass is 19.4. The van der Waals surface area contributed by atoms with Crippen LogP contribution in [0.5, 0.6) is 5.75 Å². The number of nitrogen functional groups attached to an aromatic ring is 1. The van der Waals surface area contributed by atoms with Crippen LogP contribution >= 0.6 is 0 Å². The van der Waals surface area contributed by atoms with Crippen molar-refractivity contribution in [1.29, 1.82) is 0 Å². The maximum absolute atomic E-state index is 13.2. The number of anilines is 2. The van der Waals surface area contributed by atoms with Gasteiger partial charge in [-0.2, -0.15) is 13.2 Å². The molecule has 1 amide bonds. The van der Waals surface area contributed by atoms with E-state index in [1.807, 2.05) is 6.92 Å². The molecule has 0 unspecified atom stereocenters. The Hall–Kier alpha value is -4.02. The number of carbonyl (C=O) groups is 1. The summed E-state index contributed by atoms with van der Waals surface area (Å²) in [5.74, 6) is -0.793. The molecule has 0 fully saturated rings. The number of amides is 1. The molecule has 0 bridgehead atoms. The average molecular weight is 490 g/mol. The summed E-state index contributed by atoms with van der Waals surface area (Å²) < 4.78 is 44.9. The van der Waals surface area contributed by atoms with Crippen LogP contribution in [0.1, 0.15) is 30.9 Å². The summed E-state index contributed by atoms with van der Waals surface area (Å²) >= 11 is 0. The highest BCUT2D eigenvalue weighted by Gasteiger charge is 2.30. The summed E-state index contributed by atoms with van der Waals surface area (Å²) in [5.41, 5.74) is 4.29. The summed E-state index contributed by atoms with van der Waals surface area (Å²) in [6.07, 6.45) is -3.10. The molecule has 0 saturated carbocycles. The fraction of sp³-hybridized carbons (Fsp3) is 0.292. The van der Waals surface area contributed by atoms with Gasteiger partial charge in [0.15, 0.2) is 12.3 Å². The average Bonchev–Trinajstić information content (AvgIpc) is 2.82. The largest absolute Gasteiger partial charge is 0.484 e. The van der Waals surface area contributed by atoms with Crippen LogP contribution in [0.4, 0.5) is 24.7 Å². The van der Waals surface area contributed by atoms with Crippen LogP contribution < -0.4 is 26.6 Å². The van der Waals surface area contributed by atoms with Gasteiger partial charge in [-0.15, -0.1) is 0 Å². The van der Waals surface area contributed by atoms with E-state index >= 15 is 0 Å². The van der Waals surface area contributed by atoms with Crippen molar-refractivity contribution in [3.8, 4) is 5.75 Å². The number of nitrogens with two attached hydrogens (primary N) is 1. The minimum atomic E-state index is -4.50. The first kappa shape index (κ1) is 25.6. The highest BCUT2D eigenvalue weighted by molar-refractivity contribution is 5.96. The van der Waals surface area contributed by atoms with Crippen LogP contribution in [0, 0.1) is 0 Å². The maximum Gasteiger partial charge on any atom is 0.416 e. The molecule has 0 saturated heterocycles. The second-order valence-electron chi connectivity index (χ2n) is 7.77. The number of halogens is 3. The lowest BCUT2D eigenvalue weighted by Gasteiger charge is -2.25. The lowest BCUT2D eigenvalue weighted by Crippen LogP contribution is -2.42. The Morgan fingerprint density at radius 2 is 1.74 bits per heavy atom. The van der Waals surface area contributed by atoms with Crippen molar-refractivity contribution < 1.29 is 22.7 Å². The number of nitrogens with zero attached hydrogens (tertiary/aromatic N) is 2. The minimum Gasteiger partial charge on any atom is -0.484 e. The Balaban J connectivity index is 1.92. The fourth-order valence-electron chi connectivity index (χ4n) is 3.40. The monoisotopic (exact) mass is 490 g/mol. The van der Waals surface area contributed by atoms with Gasteiger partial charge in [0.05, 0.1) is 12.1 Å². The first-order chi connectivity index (χ1) is 16.6. The van der Waals surface area contributed by atoms with Gasteiger partial charge < -0.3 is 10.5 Å². The summed E-state index contributed by atoms with van der Waals surface area (Å²) in [6, 6.07) is 12.7. The second-order valence-corrected chi connectivity index (χ2v) is 7.77. The van der Waals surface area contributed by atoms with E-state index in [-0.39, 0.29) is 30.3 Å². The van der Waals surface area contributed by atoms with E-state index in [0.29, 0.717) is 12.0 Å². The normalized spacial score (nSPS) is 11.3. The number of aromatic amines is 1. The third-order valence-corrected chi connectivity index (χ3v) is 5.25. The zero-order valence-corrected chi connectivity index (χ0v) is 19.0. The number of rotatable bonds is 9. The molecule has 1 heterocycles. The van der Waals surface area contributed by atoms with Crippen LogP contribution in [0.15, 0.2) is 64.2 Å². The predicted molar refractivity (Wildman–Crippen MR) is 125 cm³/mol. The number of nitrogens with one attached hydrogen (secondary N) is 1. The molecule has 8 nitrogen and oxygen atoms in total. The van der Waals surface area contributed by atoms with Crippen LogP contribution in [-0.2, 0) is 24.1 Å². The van der Waals surface area contributed by atoms with Crippen LogP contribution in [0.3, 0.4) is 0 Å². The van der Waals surface area contributed by atoms with Crippen molar-refractivity contribution in [1.82, 2.24) is 9.55 Å². The number of hydrogen-bond donors (Lipinski definition) is 2. The van der Waals surface area contributed by atoms with Gasteiger partial charge in [0.1, 0.15) is 11.6 Å². The third kappa shape index (κ3) is 6.31. The highest BCUT2D eigenvalue weighted by Crippen LogP contribution is 2.30. The molecule has 0 aliphatic rings. The SMILES string of the molecule is CCCCn1c(N)c(N(Cc2ccccc2)C(=O)COc2ccc(C(F)(F)F)cc2)c(=O)[nH]c1=O. The Morgan fingerprint density at radius 3 is 2.34 bits per heavy atom. The molecule has 35 heavy (non-hydrogen) atoms. The first-order valence-corrected chi connectivity index (χ1v) is 10.9. The van der Waals surface area contributed by atoms with E-state index in [9.17, 15) is 27.6 Å². The van der Waals surface area contributed by atoms with Gasteiger partial charge in [0.25, 0.3) is 11.5 Å². The van der Waals surface area contributed by atoms with Crippen molar-refractivity contribution in [2.75, 3.05) is 17.2 Å². The molecule has 2 aromatic carbocycles. The molecule has 3 aromatic rings. The van der Waals surface area contributed by atoms with E-state index in [4.69, 9.17) is 10.5 Å². The van der Waals surface area contributed by atoms with Crippen molar-refractivity contribution >= 4 is 17.4 Å². The number of H-pyrrole nitrogens is 1. The zero-order chi connectivity index (χ0) is 25.6. The second kappa shape index (κ2) is 10.9. The van der Waals surface area contributed by atoms with Crippen LogP contribution in [0.25, 0.3) is 0 Å². The van der Waals surface area contributed by atoms with Crippen molar-refractivity contribution in [3.63, 3.8) is 0 Å². The lowest BCUT2D eigenvalue weighted by molar-refractivity contribution is -0.137. The summed E-state index contributed by atoms with van der Waals surface area (Å²) in [6.45, 7) is 1.55. The van der Waals surface area contributed by atoms with Gasteiger partial charge in [-0.05, 0) is 36.2 Å². The van der Waals surface area contributed by atoms with Gasteiger partial charge in [0, 0.05) is 6.54 Å². The number of unbranched alkanes of at least 4 members (excludes halogenated alkanes) is 1. The summed E-state index contributed by atoms with van der Waals surface area (Å²) in [5, 5.41) is 0. The van der Waals surface area contributed by atoms with Crippen molar-refractivity contribution in [3.05, 3.63) is 86.6 Å². The predicted octanol–water partition coefficient (Wildman–Crippen LogP) is 3.55. The zero-order valence-electron chi connectivity index (χ0n) is 19.0. The topological polar surface area (TPSA) is 110 Å². The van der Waals surface area contributed by atoms with Gasteiger partial charge >= 0.3 is 11.9 Å².